The largest absolute Gasteiger partial charge is 0.479 e. The Bertz CT molecular complexity index is 499. The lowest BCUT2D eigenvalue weighted by Gasteiger charge is -2.13. The topological polar surface area (TPSA) is 89.8 Å². The number of carbonyl (C=O) groups excluding carboxylic acids is 1. The number of carboxylic acid groups (broad SMARTS) is 1. The van der Waals surface area contributed by atoms with Gasteiger partial charge < -0.3 is 24.5 Å². The van der Waals surface area contributed by atoms with Crippen molar-refractivity contribution < 1.29 is 24.2 Å². The van der Waals surface area contributed by atoms with Crippen LogP contribution in [0.5, 0.6) is 0 Å². The van der Waals surface area contributed by atoms with E-state index in [2.05, 4.69) is 5.32 Å². The first kappa shape index (κ1) is 15.5. The summed E-state index contributed by atoms with van der Waals surface area (Å²) < 4.78 is 12.2. The predicted molar refractivity (Wildman–Crippen MR) is 74.2 cm³/mol. The van der Waals surface area contributed by atoms with Crippen LogP contribution in [0.3, 0.4) is 0 Å². The molecule has 0 aliphatic carbocycles. The number of nitrogens with one attached hydrogen (secondary N) is 1. The number of ether oxygens (including phenoxy) is 2. The van der Waals surface area contributed by atoms with Crippen LogP contribution in [0.2, 0.25) is 0 Å². The van der Waals surface area contributed by atoms with Gasteiger partial charge in [0.25, 0.3) is 5.91 Å². The number of carboxylic acids is 1. The van der Waals surface area contributed by atoms with Crippen LogP contribution >= 0.6 is 0 Å². The standard InChI is InChI=1S/C14H20N2O5/c1-20-8-7-16-6-2-3-11(16)13(17)15-9-10-4-5-12(21-10)14(18)19/h2-3,6,10,12H,4-5,7-9H2,1H3,(H,15,17)(H,18,19). The van der Waals surface area contributed by atoms with Crippen molar-refractivity contribution in [3.8, 4) is 0 Å². The zero-order valence-corrected chi connectivity index (χ0v) is 11.9. The van der Waals surface area contributed by atoms with Crippen LogP contribution in [0.1, 0.15) is 23.3 Å². The Balaban J connectivity index is 1.82. The van der Waals surface area contributed by atoms with E-state index in [1.54, 1.807) is 19.2 Å². The minimum Gasteiger partial charge on any atom is -0.479 e. The third-order valence-electron chi connectivity index (χ3n) is 3.47. The number of aliphatic carboxylic acids is 1. The average molecular weight is 296 g/mol. The molecule has 1 aromatic rings. The van der Waals surface area contributed by atoms with Gasteiger partial charge in [-0.15, -0.1) is 0 Å². The number of carbonyl (C=O) groups is 2. The van der Waals surface area contributed by atoms with E-state index in [0.717, 1.165) is 0 Å². The van der Waals surface area contributed by atoms with Gasteiger partial charge in [0, 0.05) is 26.4 Å². The van der Waals surface area contributed by atoms with Gasteiger partial charge in [0.1, 0.15) is 5.69 Å². The average Bonchev–Trinajstić information content (AvgIpc) is 3.11. The molecule has 21 heavy (non-hydrogen) atoms. The van der Waals surface area contributed by atoms with E-state index in [-0.39, 0.29) is 12.0 Å². The normalized spacial score (nSPS) is 21.4. The summed E-state index contributed by atoms with van der Waals surface area (Å²) in [4.78, 5) is 22.9. The van der Waals surface area contributed by atoms with E-state index in [0.29, 0.717) is 38.2 Å². The van der Waals surface area contributed by atoms with Crippen LogP contribution in [0.4, 0.5) is 0 Å². The fraction of sp³-hybridized carbons (Fsp3) is 0.571. The third kappa shape index (κ3) is 4.05. The fourth-order valence-electron chi connectivity index (χ4n) is 2.34. The van der Waals surface area contributed by atoms with Gasteiger partial charge in [-0.2, -0.15) is 0 Å². The summed E-state index contributed by atoms with van der Waals surface area (Å²) in [6, 6.07) is 3.54. The lowest BCUT2D eigenvalue weighted by molar-refractivity contribution is -0.149. The smallest absolute Gasteiger partial charge is 0.332 e. The maximum absolute atomic E-state index is 12.1. The van der Waals surface area contributed by atoms with E-state index in [4.69, 9.17) is 14.6 Å². The van der Waals surface area contributed by atoms with Crippen molar-refractivity contribution in [3.63, 3.8) is 0 Å². The molecule has 2 rings (SSSR count). The second kappa shape index (κ2) is 7.24. The number of nitrogens with zero attached hydrogens (tertiary/aromatic N) is 1. The first-order valence-corrected chi connectivity index (χ1v) is 6.92. The molecule has 0 aromatic carbocycles. The number of aromatic nitrogens is 1. The molecular formula is C14H20N2O5. The predicted octanol–water partition coefficient (Wildman–Crippen LogP) is 0.496. The van der Waals surface area contributed by atoms with Crippen LogP contribution < -0.4 is 5.32 Å². The van der Waals surface area contributed by atoms with E-state index in [1.165, 1.54) is 0 Å². The SMILES string of the molecule is COCCn1cccc1C(=O)NCC1CCC(C(=O)O)O1. The molecule has 2 N–H and O–H groups in total. The van der Waals surface area contributed by atoms with E-state index in [1.807, 2.05) is 10.8 Å². The van der Waals surface area contributed by atoms with Gasteiger partial charge in [-0.05, 0) is 25.0 Å². The van der Waals surface area contributed by atoms with Gasteiger partial charge in [-0.3, -0.25) is 4.79 Å². The number of hydrogen-bond donors (Lipinski definition) is 2. The summed E-state index contributed by atoms with van der Waals surface area (Å²) in [5.41, 5.74) is 0.555. The number of rotatable bonds is 7. The first-order valence-electron chi connectivity index (χ1n) is 6.92. The van der Waals surface area contributed by atoms with E-state index < -0.39 is 12.1 Å². The molecule has 0 spiro atoms. The summed E-state index contributed by atoms with van der Waals surface area (Å²) in [6.45, 7) is 1.45. The molecule has 2 atom stereocenters. The molecule has 0 saturated carbocycles. The molecule has 1 aliphatic heterocycles. The number of hydrogen-bond acceptors (Lipinski definition) is 4. The van der Waals surface area contributed by atoms with Crippen LogP contribution in [0.15, 0.2) is 18.3 Å². The zero-order valence-electron chi connectivity index (χ0n) is 11.9. The van der Waals surface area contributed by atoms with Crippen molar-refractivity contribution in [2.75, 3.05) is 20.3 Å². The third-order valence-corrected chi connectivity index (χ3v) is 3.47. The second-order valence-electron chi connectivity index (χ2n) is 4.95. The van der Waals surface area contributed by atoms with Crippen molar-refractivity contribution in [2.45, 2.75) is 31.6 Å². The molecule has 7 heteroatoms. The molecule has 2 unspecified atom stereocenters. The minimum absolute atomic E-state index is 0.196. The molecule has 1 saturated heterocycles. The van der Waals surface area contributed by atoms with Crippen LogP contribution in [-0.4, -0.2) is 54.0 Å². The van der Waals surface area contributed by atoms with Crippen LogP contribution in [0.25, 0.3) is 0 Å². The fourth-order valence-corrected chi connectivity index (χ4v) is 2.34. The van der Waals surface area contributed by atoms with Crippen molar-refractivity contribution in [2.24, 2.45) is 0 Å². The van der Waals surface area contributed by atoms with Gasteiger partial charge in [0.05, 0.1) is 12.7 Å². The molecule has 1 fully saturated rings. The summed E-state index contributed by atoms with van der Waals surface area (Å²) in [6.07, 6.45) is 1.96. The van der Waals surface area contributed by atoms with Crippen molar-refractivity contribution in [1.29, 1.82) is 0 Å². The molecule has 1 aliphatic rings. The molecule has 7 nitrogen and oxygen atoms in total. The molecular weight excluding hydrogens is 276 g/mol. The highest BCUT2D eigenvalue weighted by Gasteiger charge is 2.30. The number of methoxy groups -OCH3 is 1. The Kier molecular flexibility index (Phi) is 5.35. The van der Waals surface area contributed by atoms with Crippen molar-refractivity contribution in [3.05, 3.63) is 24.0 Å². The summed E-state index contributed by atoms with van der Waals surface area (Å²) >= 11 is 0. The lowest BCUT2D eigenvalue weighted by atomic mass is 10.2. The van der Waals surface area contributed by atoms with Gasteiger partial charge in [-0.25, -0.2) is 4.79 Å². The molecule has 0 bridgehead atoms. The zero-order chi connectivity index (χ0) is 15.2. The van der Waals surface area contributed by atoms with Gasteiger partial charge in [0.2, 0.25) is 0 Å². The lowest BCUT2D eigenvalue weighted by Crippen LogP contribution is -2.34. The molecule has 0 radical (unpaired) electrons. The maximum Gasteiger partial charge on any atom is 0.332 e. The van der Waals surface area contributed by atoms with Gasteiger partial charge >= 0.3 is 5.97 Å². The Morgan fingerprint density at radius 3 is 3.00 bits per heavy atom. The molecule has 1 amide bonds. The van der Waals surface area contributed by atoms with E-state index in [9.17, 15) is 9.59 Å². The second-order valence-corrected chi connectivity index (χ2v) is 4.95. The Hall–Kier alpha value is -1.86. The molecule has 1 aromatic heterocycles. The van der Waals surface area contributed by atoms with Gasteiger partial charge in [-0.1, -0.05) is 0 Å². The summed E-state index contributed by atoms with van der Waals surface area (Å²) in [7, 11) is 1.61. The van der Waals surface area contributed by atoms with Crippen molar-refractivity contribution >= 4 is 11.9 Å². The maximum atomic E-state index is 12.1. The van der Waals surface area contributed by atoms with E-state index >= 15 is 0 Å². The summed E-state index contributed by atoms with van der Waals surface area (Å²) in [5.74, 6) is -1.14. The Morgan fingerprint density at radius 1 is 1.52 bits per heavy atom. The highest BCUT2D eigenvalue weighted by atomic mass is 16.5. The van der Waals surface area contributed by atoms with Crippen LogP contribution in [0, 0.1) is 0 Å². The molecule has 116 valence electrons. The van der Waals surface area contributed by atoms with Gasteiger partial charge in [0.15, 0.2) is 6.10 Å². The van der Waals surface area contributed by atoms with Crippen LogP contribution in [-0.2, 0) is 20.8 Å². The summed E-state index contributed by atoms with van der Waals surface area (Å²) in [5, 5.41) is 11.6. The monoisotopic (exact) mass is 296 g/mol. The minimum atomic E-state index is -0.947. The highest BCUT2D eigenvalue weighted by Crippen LogP contribution is 2.19. The Morgan fingerprint density at radius 2 is 2.33 bits per heavy atom. The highest BCUT2D eigenvalue weighted by molar-refractivity contribution is 5.92. The Labute approximate surface area is 122 Å². The van der Waals surface area contributed by atoms with Crippen molar-refractivity contribution in [1.82, 2.24) is 9.88 Å². The molecule has 2 heterocycles. The quantitative estimate of drug-likeness (QED) is 0.764. The number of amides is 1. The first-order chi connectivity index (χ1) is 10.1.